The van der Waals surface area contributed by atoms with Gasteiger partial charge >= 0.3 is 0 Å². The van der Waals surface area contributed by atoms with Crippen LogP contribution in [-0.2, 0) is 4.84 Å². The van der Waals surface area contributed by atoms with Gasteiger partial charge in [0.15, 0.2) is 0 Å². The maximum atomic E-state index is 5.94. The Morgan fingerprint density at radius 1 is 1.18 bits per heavy atom. The van der Waals surface area contributed by atoms with Gasteiger partial charge in [-0.05, 0) is 12.3 Å². The Balaban J connectivity index is 2.17. The Labute approximate surface area is 100 Å². The van der Waals surface area contributed by atoms with E-state index in [1.807, 2.05) is 19.1 Å². The minimum Gasteiger partial charge on any atom is -0.488 e. The van der Waals surface area contributed by atoms with E-state index in [2.05, 4.69) is 29.7 Å². The quantitative estimate of drug-likeness (QED) is 0.803. The van der Waals surface area contributed by atoms with Crippen molar-refractivity contribution >= 4 is 10.8 Å². The summed E-state index contributed by atoms with van der Waals surface area (Å²) in [5.41, 5.74) is 4.15. The van der Waals surface area contributed by atoms with Crippen molar-refractivity contribution in [2.75, 3.05) is 7.11 Å². The molecule has 0 bridgehead atoms. The molecule has 1 heterocycles. The Bertz CT molecular complexity index is 553. The minimum absolute atomic E-state index is 0.0794. The Kier molecular flexibility index (Phi) is 2.50. The topological polar surface area (TPSA) is 30.5 Å². The number of hydrogen-bond acceptors (Lipinski definition) is 3. The average molecular weight is 229 g/mol. The normalized spacial score (nSPS) is 22.5. The first-order chi connectivity index (χ1) is 8.31. The molecule has 0 fully saturated rings. The zero-order valence-electron chi connectivity index (χ0n) is 9.94. The summed E-state index contributed by atoms with van der Waals surface area (Å²) in [5.74, 6) is 0.977. The van der Waals surface area contributed by atoms with Gasteiger partial charge in [-0.2, -0.15) is 5.48 Å². The van der Waals surface area contributed by atoms with E-state index in [0.29, 0.717) is 0 Å². The molecule has 0 radical (unpaired) electrons. The predicted octanol–water partition coefficient (Wildman–Crippen LogP) is 2.81. The summed E-state index contributed by atoms with van der Waals surface area (Å²) in [6.45, 7) is 2.05. The molecule has 2 atom stereocenters. The number of fused-ring (bicyclic) bond motifs is 3. The maximum absolute atomic E-state index is 5.94. The molecular weight excluding hydrogens is 214 g/mol. The van der Waals surface area contributed by atoms with E-state index in [1.165, 1.54) is 5.39 Å². The Morgan fingerprint density at radius 3 is 2.82 bits per heavy atom. The second-order valence-electron chi connectivity index (χ2n) is 4.33. The van der Waals surface area contributed by atoms with Crippen LogP contribution >= 0.6 is 0 Å². The third kappa shape index (κ3) is 1.59. The highest BCUT2D eigenvalue weighted by atomic mass is 16.6. The number of hydrogen-bond donors (Lipinski definition) is 1. The van der Waals surface area contributed by atoms with Gasteiger partial charge in [0.05, 0.1) is 13.2 Å². The van der Waals surface area contributed by atoms with Crippen molar-refractivity contribution in [1.29, 1.82) is 0 Å². The lowest BCUT2D eigenvalue weighted by Crippen LogP contribution is -2.27. The van der Waals surface area contributed by atoms with Crippen molar-refractivity contribution in [1.82, 2.24) is 5.48 Å². The van der Waals surface area contributed by atoms with E-state index in [0.717, 1.165) is 16.7 Å². The molecule has 17 heavy (non-hydrogen) atoms. The highest BCUT2D eigenvalue weighted by Gasteiger charge is 2.32. The molecule has 2 unspecified atom stereocenters. The van der Waals surface area contributed by atoms with Crippen molar-refractivity contribution in [3.63, 3.8) is 0 Å². The zero-order chi connectivity index (χ0) is 11.8. The zero-order valence-corrected chi connectivity index (χ0v) is 9.94. The molecule has 2 aromatic rings. The summed E-state index contributed by atoms with van der Waals surface area (Å²) < 4.78 is 5.94. The van der Waals surface area contributed by atoms with Crippen LogP contribution in [-0.4, -0.2) is 13.2 Å². The van der Waals surface area contributed by atoms with Crippen LogP contribution in [0.15, 0.2) is 36.4 Å². The molecule has 0 amide bonds. The van der Waals surface area contributed by atoms with Gasteiger partial charge in [-0.15, -0.1) is 0 Å². The van der Waals surface area contributed by atoms with E-state index < -0.39 is 0 Å². The van der Waals surface area contributed by atoms with Crippen LogP contribution < -0.4 is 10.2 Å². The highest BCUT2D eigenvalue weighted by Crippen LogP contribution is 2.41. The molecule has 0 aromatic heterocycles. The molecule has 3 nitrogen and oxygen atoms in total. The lowest BCUT2D eigenvalue weighted by molar-refractivity contribution is 0.0340. The fraction of sp³-hybridized carbons (Fsp3) is 0.286. The largest absolute Gasteiger partial charge is 0.488 e. The van der Waals surface area contributed by atoms with Crippen LogP contribution in [0.2, 0.25) is 0 Å². The van der Waals surface area contributed by atoms with Gasteiger partial charge in [-0.1, -0.05) is 36.4 Å². The number of rotatable bonds is 2. The van der Waals surface area contributed by atoms with E-state index >= 15 is 0 Å². The molecule has 0 aliphatic carbocycles. The molecule has 3 heteroatoms. The summed E-state index contributed by atoms with van der Waals surface area (Å²) in [6.07, 6.45) is 0.0794. The van der Waals surface area contributed by atoms with Crippen molar-refractivity contribution in [2.24, 2.45) is 0 Å². The molecule has 1 aliphatic heterocycles. The monoisotopic (exact) mass is 229 g/mol. The van der Waals surface area contributed by atoms with Gasteiger partial charge in [-0.25, -0.2) is 0 Å². The summed E-state index contributed by atoms with van der Waals surface area (Å²) >= 11 is 0. The van der Waals surface area contributed by atoms with E-state index in [4.69, 9.17) is 9.57 Å². The van der Waals surface area contributed by atoms with Crippen molar-refractivity contribution in [3.8, 4) is 5.75 Å². The Morgan fingerprint density at radius 2 is 2.00 bits per heavy atom. The fourth-order valence-electron chi connectivity index (χ4n) is 2.43. The van der Waals surface area contributed by atoms with Crippen LogP contribution in [0.25, 0.3) is 10.8 Å². The molecule has 0 saturated carbocycles. The van der Waals surface area contributed by atoms with Gasteiger partial charge in [0.2, 0.25) is 0 Å². The molecular formula is C14H15NO2. The van der Waals surface area contributed by atoms with Crippen LogP contribution in [0.1, 0.15) is 18.5 Å². The number of hydroxylamine groups is 1. The van der Waals surface area contributed by atoms with Gasteiger partial charge in [0.25, 0.3) is 0 Å². The van der Waals surface area contributed by atoms with Crippen molar-refractivity contribution in [2.45, 2.75) is 19.1 Å². The first-order valence-electron chi connectivity index (χ1n) is 5.78. The predicted molar refractivity (Wildman–Crippen MR) is 66.9 cm³/mol. The molecule has 2 aromatic carbocycles. The van der Waals surface area contributed by atoms with Crippen LogP contribution in [0.4, 0.5) is 0 Å². The average Bonchev–Trinajstić information content (AvgIpc) is 2.67. The minimum atomic E-state index is 0.0794. The van der Waals surface area contributed by atoms with Gasteiger partial charge in [-0.3, -0.25) is 0 Å². The summed E-state index contributed by atoms with van der Waals surface area (Å²) in [6, 6.07) is 12.6. The van der Waals surface area contributed by atoms with Crippen molar-refractivity contribution in [3.05, 3.63) is 42.0 Å². The smallest absolute Gasteiger partial charge is 0.132 e. The van der Waals surface area contributed by atoms with Crippen LogP contribution in [0.5, 0.6) is 5.75 Å². The molecule has 0 saturated heterocycles. The molecule has 1 N–H and O–H groups in total. The summed E-state index contributed by atoms with van der Waals surface area (Å²) in [5, 5.41) is 2.37. The lowest BCUT2D eigenvalue weighted by Gasteiger charge is -2.14. The number of benzene rings is 2. The lowest BCUT2D eigenvalue weighted by atomic mass is 10.0. The molecule has 88 valence electrons. The SMILES string of the molecule is CONC1c2ccc3ccccc3c2OC1C. The van der Waals surface area contributed by atoms with E-state index in [-0.39, 0.29) is 12.1 Å². The van der Waals surface area contributed by atoms with Crippen LogP contribution in [0, 0.1) is 0 Å². The van der Waals surface area contributed by atoms with Gasteiger partial charge in [0.1, 0.15) is 11.9 Å². The van der Waals surface area contributed by atoms with E-state index in [9.17, 15) is 0 Å². The number of ether oxygens (including phenoxy) is 1. The molecule has 0 spiro atoms. The first kappa shape index (κ1) is 10.6. The summed E-state index contributed by atoms with van der Waals surface area (Å²) in [4.78, 5) is 5.04. The standard InChI is InChI=1S/C14H15NO2/c1-9-13(15-16-2)12-8-7-10-5-3-4-6-11(10)14(12)17-9/h3-9,13,15H,1-2H3. The fourth-order valence-corrected chi connectivity index (χ4v) is 2.43. The van der Waals surface area contributed by atoms with Gasteiger partial charge < -0.3 is 9.57 Å². The number of nitrogens with one attached hydrogen (secondary N) is 1. The molecule has 1 aliphatic rings. The van der Waals surface area contributed by atoms with E-state index in [1.54, 1.807) is 7.11 Å². The maximum Gasteiger partial charge on any atom is 0.132 e. The van der Waals surface area contributed by atoms with Gasteiger partial charge in [0, 0.05) is 10.9 Å². The third-order valence-electron chi connectivity index (χ3n) is 3.26. The highest BCUT2D eigenvalue weighted by molar-refractivity contribution is 5.90. The molecule has 3 rings (SSSR count). The second-order valence-corrected chi connectivity index (χ2v) is 4.33. The summed E-state index contributed by atoms with van der Waals surface area (Å²) in [7, 11) is 1.63. The Hall–Kier alpha value is -1.58. The second kappa shape index (κ2) is 4.02. The first-order valence-corrected chi connectivity index (χ1v) is 5.78. The van der Waals surface area contributed by atoms with Crippen LogP contribution in [0.3, 0.4) is 0 Å². The third-order valence-corrected chi connectivity index (χ3v) is 3.26. The van der Waals surface area contributed by atoms with Crippen molar-refractivity contribution < 1.29 is 9.57 Å².